The van der Waals surface area contributed by atoms with Gasteiger partial charge in [0.25, 0.3) is 0 Å². The van der Waals surface area contributed by atoms with E-state index in [2.05, 4.69) is 5.32 Å². The lowest BCUT2D eigenvalue weighted by atomic mass is 10.1. The number of para-hydroxylation sites is 1. The number of carbonyl (C=O) groups is 1. The molecule has 140 valence electrons. The average molecular weight is 378 g/mol. The quantitative estimate of drug-likeness (QED) is 0.805. The summed E-state index contributed by atoms with van der Waals surface area (Å²) in [4.78, 5) is 12.4. The number of halogens is 1. The standard InChI is InChI=1S/C19H23FN2O3S/c1-4-15-7-5-6-8-18(15)22(26(3,24)25)13-19(23)21-14(2)16-9-11-17(20)12-10-16/h5-12,14H,4,13H2,1-3H3,(H,21,23). The third kappa shape index (κ3) is 5.05. The molecule has 0 aliphatic heterocycles. The van der Waals surface area contributed by atoms with Crippen LogP contribution in [0.4, 0.5) is 10.1 Å². The van der Waals surface area contributed by atoms with E-state index in [0.29, 0.717) is 12.1 Å². The number of anilines is 1. The third-order valence-corrected chi connectivity index (χ3v) is 5.20. The van der Waals surface area contributed by atoms with Crippen LogP contribution in [0.2, 0.25) is 0 Å². The van der Waals surface area contributed by atoms with Gasteiger partial charge in [-0.2, -0.15) is 0 Å². The fourth-order valence-corrected chi connectivity index (χ4v) is 3.57. The summed E-state index contributed by atoms with van der Waals surface area (Å²) in [6.45, 7) is 3.37. The van der Waals surface area contributed by atoms with Crippen LogP contribution in [0.25, 0.3) is 0 Å². The van der Waals surface area contributed by atoms with Crippen LogP contribution in [-0.2, 0) is 21.2 Å². The van der Waals surface area contributed by atoms with Crippen molar-refractivity contribution in [3.05, 3.63) is 65.5 Å². The van der Waals surface area contributed by atoms with Crippen molar-refractivity contribution in [1.29, 1.82) is 0 Å². The molecule has 0 aromatic heterocycles. The molecule has 1 amide bonds. The molecular formula is C19H23FN2O3S. The lowest BCUT2D eigenvalue weighted by Crippen LogP contribution is -2.41. The zero-order chi connectivity index (χ0) is 19.3. The first-order chi connectivity index (χ1) is 12.2. The van der Waals surface area contributed by atoms with Crippen molar-refractivity contribution >= 4 is 21.6 Å². The maximum atomic E-state index is 13.0. The second-order valence-electron chi connectivity index (χ2n) is 6.09. The number of aryl methyl sites for hydroxylation is 1. The highest BCUT2D eigenvalue weighted by Crippen LogP contribution is 2.23. The summed E-state index contributed by atoms with van der Waals surface area (Å²) in [5.41, 5.74) is 2.08. The van der Waals surface area contributed by atoms with Gasteiger partial charge in [-0.1, -0.05) is 37.3 Å². The second-order valence-corrected chi connectivity index (χ2v) is 8.00. The normalized spacial score (nSPS) is 12.5. The Bertz CT molecular complexity index is 867. The molecule has 0 spiro atoms. The number of hydrogen-bond donors (Lipinski definition) is 1. The molecule has 1 atom stereocenters. The van der Waals surface area contributed by atoms with Gasteiger partial charge in [0, 0.05) is 0 Å². The van der Waals surface area contributed by atoms with Gasteiger partial charge in [-0.15, -0.1) is 0 Å². The number of carbonyl (C=O) groups excluding carboxylic acids is 1. The van der Waals surface area contributed by atoms with Crippen molar-refractivity contribution < 1.29 is 17.6 Å². The maximum absolute atomic E-state index is 13.0. The topological polar surface area (TPSA) is 66.5 Å². The Labute approximate surface area is 153 Å². The van der Waals surface area contributed by atoms with Gasteiger partial charge in [0.1, 0.15) is 12.4 Å². The number of nitrogens with zero attached hydrogens (tertiary/aromatic N) is 1. The van der Waals surface area contributed by atoms with Crippen molar-refractivity contribution in [3.63, 3.8) is 0 Å². The molecule has 0 bridgehead atoms. The Morgan fingerprint density at radius 3 is 2.35 bits per heavy atom. The summed E-state index contributed by atoms with van der Waals surface area (Å²) in [7, 11) is -3.63. The van der Waals surface area contributed by atoms with Crippen LogP contribution in [0.5, 0.6) is 0 Å². The second kappa shape index (κ2) is 8.31. The highest BCUT2D eigenvalue weighted by molar-refractivity contribution is 7.92. The molecule has 0 fully saturated rings. The van der Waals surface area contributed by atoms with E-state index in [1.165, 1.54) is 12.1 Å². The summed E-state index contributed by atoms with van der Waals surface area (Å²) in [6.07, 6.45) is 1.73. The van der Waals surface area contributed by atoms with E-state index >= 15 is 0 Å². The summed E-state index contributed by atoms with van der Waals surface area (Å²) in [5.74, 6) is -0.787. The van der Waals surface area contributed by atoms with E-state index in [1.807, 2.05) is 19.1 Å². The van der Waals surface area contributed by atoms with Crippen molar-refractivity contribution in [2.24, 2.45) is 0 Å². The molecule has 26 heavy (non-hydrogen) atoms. The molecule has 2 aromatic rings. The van der Waals surface area contributed by atoms with E-state index in [1.54, 1.807) is 31.2 Å². The number of nitrogens with one attached hydrogen (secondary N) is 1. The SMILES string of the molecule is CCc1ccccc1N(CC(=O)NC(C)c1ccc(F)cc1)S(C)(=O)=O. The number of amides is 1. The van der Waals surface area contributed by atoms with Crippen LogP contribution in [-0.4, -0.2) is 27.1 Å². The highest BCUT2D eigenvalue weighted by Gasteiger charge is 2.23. The molecule has 0 radical (unpaired) electrons. The molecule has 0 aliphatic rings. The summed E-state index contributed by atoms with van der Waals surface area (Å²) >= 11 is 0. The van der Waals surface area contributed by atoms with E-state index in [9.17, 15) is 17.6 Å². The number of hydrogen-bond acceptors (Lipinski definition) is 3. The van der Waals surface area contributed by atoms with Crippen LogP contribution in [0.1, 0.15) is 31.0 Å². The van der Waals surface area contributed by atoms with Gasteiger partial charge in [0.05, 0.1) is 18.0 Å². The molecular weight excluding hydrogens is 355 g/mol. The maximum Gasteiger partial charge on any atom is 0.241 e. The van der Waals surface area contributed by atoms with Crippen molar-refractivity contribution in [3.8, 4) is 0 Å². The Morgan fingerprint density at radius 1 is 1.15 bits per heavy atom. The summed E-state index contributed by atoms with van der Waals surface area (Å²) in [6, 6.07) is 12.5. The van der Waals surface area contributed by atoms with Crippen LogP contribution in [0, 0.1) is 5.82 Å². The van der Waals surface area contributed by atoms with Gasteiger partial charge in [-0.3, -0.25) is 9.10 Å². The zero-order valence-corrected chi connectivity index (χ0v) is 15.9. The monoisotopic (exact) mass is 378 g/mol. The summed E-state index contributed by atoms with van der Waals surface area (Å²) in [5, 5.41) is 2.76. The van der Waals surface area contributed by atoms with Crippen LogP contribution in [0.15, 0.2) is 48.5 Å². The fraction of sp³-hybridized carbons (Fsp3) is 0.316. The van der Waals surface area contributed by atoms with E-state index in [-0.39, 0.29) is 18.4 Å². The Balaban J connectivity index is 2.18. The number of rotatable bonds is 7. The average Bonchev–Trinajstić information content (AvgIpc) is 2.59. The van der Waals surface area contributed by atoms with Gasteiger partial charge >= 0.3 is 0 Å². The summed E-state index contributed by atoms with van der Waals surface area (Å²) < 4.78 is 38.6. The first-order valence-electron chi connectivity index (χ1n) is 8.32. The molecule has 2 aromatic carbocycles. The van der Waals surface area contributed by atoms with E-state index in [0.717, 1.165) is 21.7 Å². The molecule has 0 saturated carbocycles. The molecule has 0 aliphatic carbocycles. The first-order valence-corrected chi connectivity index (χ1v) is 10.2. The lowest BCUT2D eigenvalue weighted by Gasteiger charge is -2.25. The van der Waals surface area contributed by atoms with Gasteiger partial charge < -0.3 is 5.32 Å². The molecule has 1 N–H and O–H groups in total. The minimum absolute atomic E-state index is 0.318. The molecule has 1 unspecified atom stereocenters. The van der Waals surface area contributed by atoms with Crippen molar-refractivity contribution in [2.45, 2.75) is 26.3 Å². The van der Waals surface area contributed by atoms with E-state index in [4.69, 9.17) is 0 Å². The van der Waals surface area contributed by atoms with Crippen LogP contribution in [0.3, 0.4) is 0 Å². The van der Waals surface area contributed by atoms with Gasteiger partial charge in [-0.25, -0.2) is 12.8 Å². The lowest BCUT2D eigenvalue weighted by molar-refractivity contribution is -0.120. The smallest absolute Gasteiger partial charge is 0.241 e. The molecule has 7 heteroatoms. The van der Waals surface area contributed by atoms with Crippen molar-refractivity contribution in [2.75, 3.05) is 17.1 Å². The van der Waals surface area contributed by atoms with E-state index < -0.39 is 15.9 Å². The van der Waals surface area contributed by atoms with Gasteiger partial charge in [0.2, 0.25) is 15.9 Å². The Kier molecular flexibility index (Phi) is 6.37. The Morgan fingerprint density at radius 2 is 1.77 bits per heavy atom. The predicted molar refractivity (Wildman–Crippen MR) is 101 cm³/mol. The van der Waals surface area contributed by atoms with Gasteiger partial charge in [-0.05, 0) is 42.7 Å². The fourth-order valence-electron chi connectivity index (χ4n) is 2.69. The first kappa shape index (κ1) is 19.9. The van der Waals surface area contributed by atoms with Crippen LogP contribution >= 0.6 is 0 Å². The zero-order valence-electron chi connectivity index (χ0n) is 15.1. The minimum Gasteiger partial charge on any atom is -0.348 e. The molecule has 5 nitrogen and oxygen atoms in total. The third-order valence-electron chi connectivity index (χ3n) is 4.08. The van der Waals surface area contributed by atoms with Crippen LogP contribution < -0.4 is 9.62 Å². The molecule has 0 heterocycles. The molecule has 2 rings (SSSR count). The predicted octanol–water partition coefficient (Wildman–Crippen LogP) is 3.03. The number of benzene rings is 2. The largest absolute Gasteiger partial charge is 0.348 e. The minimum atomic E-state index is -3.63. The molecule has 0 saturated heterocycles. The van der Waals surface area contributed by atoms with Gasteiger partial charge in [0.15, 0.2) is 0 Å². The van der Waals surface area contributed by atoms with Crippen molar-refractivity contribution in [1.82, 2.24) is 5.32 Å². The number of sulfonamides is 1. The Hall–Kier alpha value is -2.41. The highest BCUT2D eigenvalue weighted by atomic mass is 32.2.